The molecule has 112 valence electrons. The summed E-state index contributed by atoms with van der Waals surface area (Å²) < 4.78 is 0. The molecule has 0 atom stereocenters. The number of aromatic amines is 2. The molecule has 0 fully saturated rings. The topological polar surface area (TPSA) is 113 Å². The van der Waals surface area contributed by atoms with E-state index in [2.05, 4.69) is 32.0 Å². The Hall–Kier alpha value is -3.22. The fourth-order valence-electron chi connectivity index (χ4n) is 1.86. The highest BCUT2D eigenvalue weighted by atomic mass is 16.1. The number of aromatic nitrogens is 5. The number of nitrogens with zero attached hydrogens (tertiary/aromatic N) is 3. The smallest absolute Gasteiger partial charge is 0.241 e. The van der Waals surface area contributed by atoms with E-state index in [1.54, 1.807) is 18.3 Å². The molecule has 2 aromatic rings. The van der Waals surface area contributed by atoms with Crippen LogP contribution in [-0.4, -0.2) is 31.3 Å². The maximum absolute atomic E-state index is 11.0. The first-order valence-electron chi connectivity index (χ1n) is 6.50. The maximum atomic E-state index is 11.0. The molecule has 0 aliphatic heterocycles. The molecular weight excluding hydrogens is 280 g/mol. The van der Waals surface area contributed by atoms with Crippen LogP contribution in [0.15, 0.2) is 37.3 Å². The molecule has 0 unspecified atom stereocenters. The molecule has 4 N–H and O–H groups in total. The number of aryl methyl sites for hydroxylation is 1. The number of carbonyl (C=O) groups is 1. The van der Waals surface area contributed by atoms with Crippen LogP contribution in [0.25, 0.3) is 23.4 Å². The minimum absolute atomic E-state index is 0.533. The summed E-state index contributed by atoms with van der Waals surface area (Å²) in [6, 6.07) is 3.67. The summed E-state index contributed by atoms with van der Waals surface area (Å²) in [4.78, 5) is 15.1. The third-order valence-corrected chi connectivity index (χ3v) is 2.82. The van der Waals surface area contributed by atoms with Gasteiger partial charge in [-0.15, -0.1) is 0 Å². The third kappa shape index (κ3) is 3.66. The van der Waals surface area contributed by atoms with Gasteiger partial charge in [-0.3, -0.25) is 15.0 Å². The SMILES string of the molecule is C=Cc1[nH]nc(-c2cc[nH]ncnc(C)c2)c1/C=C/C(N)=O. The first-order valence-corrected chi connectivity index (χ1v) is 6.50. The molecule has 0 aromatic carbocycles. The summed E-state index contributed by atoms with van der Waals surface area (Å²) in [7, 11) is 0. The van der Waals surface area contributed by atoms with E-state index in [9.17, 15) is 4.79 Å². The lowest BCUT2D eigenvalue weighted by molar-refractivity contribution is -0.113. The molecule has 1 amide bonds. The van der Waals surface area contributed by atoms with Crippen molar-refractivity contribution in [2.24, 2.45) is 5.73 Å². The van der Waals surface area contributed by atoms with Gasteiger partial charge in [0.15, 0.2) is 0 Å². The lowest BCUT2D eigenvalue weighted by Gasteiger charge is -1.98. The van der Waals surface area contributed by atoms with Gasteiger partial charge in [0.1, 0.15) is 12.0 Å². The Kier molecular flexibility index (Phi) is 4.81. The molecule has 2 heterocycles. The van der Waals surface area contributed by atoms with Crippen molar-refractivity contribution in [2.75, 3.05) is 0 Å². The number of H-pyrrole nitrogens is 2. The van der Waals surface area contributed by atoms with E-state index < -0.39 is 5.91 Å². The Morgan fingerprint density at radius 2 is 2.27 bits per heavy atom. The van der Waals surface area contributed by atoms with Crippen molar-refractivity contribution < 1.29 is 4.79 Å². The predicted octanol–water partition coefficient (Wildman–Crippen LogP) is 1.77. The first-order chi connectivity index (χ1) is 10.6. The van der Waals surface area contributed by atoms with E-state index in [0.717, 1.165) is 16.8 Å². The van der Waals surface area contributed by atoms with E-state index >= 15 is 0 Å². The van der Waals surface area contributed by atoms with Crippen molar-refractivity contribution in [1.29, 1.82) is 0 Å². The van der Waals surface area contributed by atoms with Crippen molar-refractivity contribution in [2.45, 2.75) is 6.92 Å². The average Bonchev–Trinajstić information content (AvgIpc) is 2.92. The van der Waals surface area contributed by atoms with Gasteiger partial charge in [-0.25, -0.2) is 4.98 Å². The summed E-state index contributed by atoms with van der Waals surface area (Å²) in [6.45, 7) is 5.58. The second-order valence-electron chi connectivity index (χ2n) is 4.42. The average molecular weight is 296 g/mol. The molecule has 0 saturated heterocycles. The molecule has 2 rings (SSSR count). The van der Waals surface area contributed by atoms with Crippen LogP contribution in [0, 0.1) is 6.92 Å². The standard InChI is InChI=1S/C15H16N6O/c1-3-13-12(4-5-14(16)22)15(21-20-13)11-6-7-18-19-9-17-10(2)8-11/h3-9,18H,1H2,2H3,(H2,16,22)(H,20,21)/b5-4+,7-6?,11-8?,17-10?,19-9?. The summed E-state index contributed by atoms with van der Waals surface area (Å²) in [5, 5.41) is 13.8. The zero-order valence-corrected chi connectivity index (χ0v) is 12.1. The number of primary amides is 1. The summed E-state index contributed by atoms with van der Waals surface area (Å²) in [5.41, 5.74) is 8.79. The molecule has 0 saturated carbocycles. The van der Waals surface area contributed by atoms with Gasteiger partial charge in [0.25, 0.3) is 0 Å². The molecule has 0 radical (unpaired) electrons. The van der Waals surface area contributed by atoms with Gasteiger partial charge in [0.2, 0.25) is 5.91 Å². The molecule has 22 heavy (non-hydrogen) atoms. The van der Waals surface area contributed by atoms with Crippen molar-refractivity contribution in [1.82, 2.24) is 25.4 Å². The van der Waals surface area contributed by atoms with Gasteiger partial charge < -0.3 is 5.73 Å². The Labute approximate surface area is 127 Å². The summed E-state index contributed by atoms with van der Waals surface area (Å²) in [5.74, 6) is -0.533. The fraction of sp³-hybridized carbons (Fsp3) is 0.0667. The predicted molar refractivity (Wildman–Crippen MR) is 84.6 cm³/mol. The van der Waals surface area contributed by atoms with Gasteiger partial charge in [0, 0.05) is 29.1 Å². The van der Waals surface area contributed by atoms with Crippen LogP contribution in [0.5, 0.6) is 0 Å². The van der Waals surface area contributed by atoms with Crippen molar-refractivity contribution in [3.8, 4) is 11.3 Å². The molecule has 0 spiro atoms. The molecule has 0 aliphatic rings. The highest BCUT2D eigenvalue weighted by Crippen LogP contribution is 2.25. The van der Waals surface area contributed by atoms with Crippen LogP contribution in [0.2, 0.25) is 0 Å². The number of nitrogens with one attached hydrogen (secondary N) is 2. The Morgan fingerprint density at radius 1 is 1.45 bits per heavy atom. The molecule has 7 heteroatoms. The van der Waals surface area contributed by atoms with Crippen LogP contribution in [0.1, 0.15) is 17.0 Å². The zero-order valence-electron chi connectivity index (χ0n) is 12.1. The van der Waals surface area contributed by atoms with E-state index in [1.165, 1.54) is 12.4 Å². The van der Waals surface area contributed by atoms with E-state index in [-0.39, 0.29) is 0 Å². The Balaban J connectivity index is 2.66. The van der Waals surface area contributed by atoms with E-state index in [4.69, 9.17) is 5.73 Å². The molecule has 0 aliphatic carbocycles. The normalized spacial score (nSPS) is 10.4. The van der Waals surface area contributed by atoms with Crippen LogP contribution in [-0.2, 0) is 4.79 Å². The van der Waals surface area contributed by atoms with E-state index in [0.29, 0.717) is 11.4 Å². The van der Waals surface area contributed by atoms with Crippen molar-refractivity contribution in [3.05, 3.63) is 54.3 Å². The van der Waals surface area contributed by atoms with Crippen LogP contribution >= 0.6 is 0 Å². The third-order valence-electron chi connectivity index (χ3n) is 2.82. The minimum Gasteiger partial charge on any atom is -0.366 e. The highest BCUT2D eigenvalue weighted by molar-refractivity contribution is 5.92. The summed E-state index contributed by atoms with van der Waals surface area (Å²) >= 11 is 0. The van der Waals surface area contributed by atoms with Gasteiger partial charge >= 0.3 is 0 Å². The lowest BCUT2D eigenvalue weighted by atomic mass is 10.1. The second-order valence-corrected chi connectivity index (χ2v) is 4.42. The van der Waals surface area contributed by atoms with E-state index in [1.807, 2.05) is 19.1 Å². The molecule has 0 bridgehead atoms. The number of hydrogen-bond donors (Lipinski definition) is 3. The van der Waals surface area contributed by atoms with Gasteiger partial charge in [-0.05, 0) is 31.2 Å². The van der Waals surface area contributed by atoms with Crippen LogP contribution in [0.4, 0.5) is 0 Å². The highest BCUT2D eigenvalue weighted by Gasteiger charge is 2.10. The molecular formula is C15H16N6O. The largest absolute Gasteiger partial charge is 0.366 e. The maximum Gasteiger partial charge on any atom is 0.241 e. The molecule has 7 nitrogen and oxygen atoms in total. The van der Waals surface area contributed by atoms with Gasteiger partial charge in [-0.2, -0.15) is 10.2 Å². The van der Waals surface area contributed by atoms with Gasteiger partial charge in [-0.1, -0.05) is 6.58 Å². The van der Waals surface area contributed by atoms with Crippen molar-refractivity contribution >= 4 is 18.1 Å². The van der Waals surface area contributed by atoms with Crippen LogP contribution in [0.3, 0.4) is 0 Å². The second kappa shape index (κ2) is 6.98. The monoisotopic (exact) mass is 296 g/mol. The zero-order chi connectivity index (χ0) is 15.9. The van der Waals surface area contributed by atoms with Gasteiger partial charge in [0.05, 0.1) is 5.69 Å². The fourth-order valence-corrected chi connectivity index (χ4v) is 1.86. The number of rotatable bonds is 4. The number of nitrogens with two attached hydrogens (primary N) is 1. The minimum atomic E-state index is -0.533. The number of carbonyl (C=O) groups excluding carboxylic acids is 1. The van der Waals surface area contributed by atoms with Crippen molar-refractivity contribution in [3.63, 3.8) is 0 Å². The first kappa shape index (κ1) is 15.2. The number of amides is 1. The number of hydrogen-bond acceptors (Lipinski definition) is 4. The van der Waals surface area contributed by atoms with Crippen LogP contribution < -0.4 is 5.73 Å². The molecule has 2 aromatic heterocycles. The quantitative estimate of drug-likeness (QED) is 0.746. The Bertz CT molecular complexity index is 770. The lowest BCUT2D eigenvalue weighted by Crippen LogP contribution is -2.05. The Morgan fingerprint density at radius 3 is 3.00 bits per heavy atom. The summed E-state index contributed by atoms with van der Waals surface area (Å²) in [6.07, 6.45) is 7.60.